The molecule has 0 spiro atoms. The average Bonchev–Trinajstić information content (AvgIpc) is 2.74. The molecule has 0 aromatic heterocycles. The quantitative estimate of drug-likeness (QED) is 0.633. The van der Waals surface area contributed by atoms with Crippen LogP contribution in [0.5, 0.6) is 0 Å². The summed E-state index contributed by atoms with van der Waals surface area (Å²) in [5.74, 6) is 1.68. The second kappa shape index (κ2) is 2.76. The first-order chi connectivity index (χ1) is 5.27. The molecule has 1 saturated heterocycles. The van der Waals surface area contributed by atoms with Gasteiger partial charge in [-0.05, 0) is 44.7 Å². The number of hydrogen-bond acceptors (Lipinski definition) is 2. The van der Waals surface area contributed by atoms with Crippen LogP contribution in [-0.4, -0.2) is 31.1 Å². The summed E-state index contributed by atoms with van der Waals surface area (Å²) < 4.78 is 0. The van der Waals surface area contributed by atoms with E-state index in [4.69, 9.17) is 5.73 Å². The molecule has 0 amide bonds. The Balaban J connectivity index is 1.84. The van der Waals surface area contributed by atoms with Crippen LogP contribution >= 0.6 is 0 Å². The van der Waals surface area contributed by atoms with E-state index in [1.807, 2.05) is 0 Å². The molecule has 0 bridgehead atoms. The van der Waals surface area contributed by atoms with Crippen LogP contribution in [0, 0.1) is 11.8 Å². The van der Waals surface area contributed by atoms with Crippen LogP contribution < -0.4 is 5.73 Å². The highest BCUT2D eigenvalue weighted by Crippen LogP contribution is 2.36. The third kappa shape index (κ3) is 1.57. The Labute approximate surface area is 68.7 Å². The fourth-order valence-corrected chi connectivity index (χ4v) is 2.15. The van der Waals surface area contributed by atoms with Gasteiger partial charge >= 0.3 is 0 Å². The van der Waals surface area contributed by atoms with Gasteiger partial charge in [-0.25, -0.2) is 0 Å². The molecule has 64 valence electrons. The van der Waals surface area contributed by atoms with Gasteiger partial charge in [-0.2, -0.15) is 0 Å². The minimum Gasteiger partial charge on any atom is -0.327 e. The molecule has 0 aromatic rings. The van der Waals surface area contributed by atoms with Crippen molar-refractivity contribution in [3.63, 3.8) is 0 Å². The highest BCUT2D eigenvalue weighted by atomic mass is 15.1. The van der Waals surface area contributed by atoms with E-state index in [-0.39, 0.29) is 0 Å². The van der Waals surface area contributed by atoms with E-state index in [1.165, 1.54) is 32.4 Å². The molecule has 2 rings (SSSR count). The lowest BCUT2D eigenvalue weighted by molar-refractivity contribution is 0.354. The summed E-state index contributed by atoms with van der Waals surface area (Å²) in [7, 11) is 2.19. The normalized spacial score (nSPS) is 36.0. The highest BCUT2D eigenvalue weighted by Gasteiger charge is 2.36. The molecular weight excluding hydrogens is 136 g/mol. The largest absolute Gasteiger partial charge is 0.327 e. The van der Waals surface area contributed by atoms with Crippen LogP contribution in [0.1, 0.15) is 19.3 Å². The zero-order chi connectivity index (χ0) is 7.84. The molecule has 2 heteroatoms. The smallest absolute Gasteiger partial charge is 0.0108 e. The number of rotatable bonds is 2. The van der Waals surface area contributed by atoms with Crippen molar-refractivity contribution in [1.82, 2.24) is 4.90 Å². The van der Waals surface area contributed by atoms with E-state index in [1.54, 1.807) is 0 Å². The molecule has 0 radical (unpaired) electrons. The van der Waals surface area contributed by atoms with Crippen LogP contribution in [-0.2, 0) is 0 Å². The summed E-state index contributed by atoms with van der Waals surface area (Å²) in [4.78, 5) is 2.40. The first kappa shape index (κ1) is 7.56. The lowest BCUT2D eigenvalue weighted by Crippen LogP contribution is -2.33. The zero-order valence-corrected chi connectivity index (χ0v) is 7.29. The lowest BCUT2D eigenvalue weighted by Gasteiger charge is -2.18. The molecular formula is C9H18N2. The first-order valence-electron chi connectivity index (χ1n) is 4.71. The van der Waals surface area contributed by atoms with Gasteiger partial charge in [0, 0.05) is 12.6 Å². The Hall–Kier alpha value is -0.0800. The number of hydrogen-bond donors (Lipinski definition) is 1. The van der Waals surface area contributed by atoms with Crippen molar-refractivity contribution in [2.45, 2.75) is 25.3 Å². The van der Waals surface area contributed by atoms with E-state index in [9.17, 15) is 0 Å². The molecule has 2 aliphatic rings. The van der Waals surface area contributed by atoms with Crippen LogP contribution in [0.2, 0.25) is 0 Å². The van der Waals surface area contributed by atoms with E-state index in [2.05, 4.69) is 11.9 Å². The van der Waals surface area contributed by atoms with Gasteiger partial charge in [0.05, 0.1) is 0 Å². The van der Waals surface area contributed by atoms with Gasteiger partial charge in [0.2, 0.25) is 0 Å². The summed E-state index contributed by atoms with van der Waals surface area (Å²) in [6.07, 6.45) is 4.11. The summed E-state index contributed by atoms with van der Waals surface area (Å²) in [6, 6.07) is 0.514. The predicted molar refractivity (Wildman–Crippen MR) is 46.3 cm³/mol. The lowest BCUT2D eigenvalue weighted by atomic mass is 9.96. The zero-order valence-electron chi connectivity index (χ0n) is 7.29. The maximum Gasteiger partial charge on any atom is 0.0108 e. The summed E-state index contributed by atoms with van der Waals surface area (Å²) in [6.45, 7) is 2.49. The van der Waals surface area contributed by atoms with Crippen LogP contribution in [0.25, 0.3) is 0 Å². The van der Waals surface area contributed by atoms with Gasteiger partial charge in [-0.15, -0.1) is 0 Å². The van der Waals surface area contributed by atoms with E-state index in [0.717, 1.165) is 11.8 Å². The molecule has 1 saturated carbocycles. The highest BCUT2D eigenvalue weighted by molar-refractivity contribution is 4.91. The molecule has 1 unspecified atom stereocenters. The van der Waals surface area contributed by atoms with E-state index < -0.39 is 0 Å². The Bertz CT molecular complexity index is 142. The minimum absolute atomic E-state index is 0.514. The van der Waals surface area contributed by atoms with Crippen molar-refractivity contribution in [3.05, 3.63) is 0 Å². The molecule has 2 nitrogen and oxygen atoms in total. The average molecular weight is 154 g/mol. The maximum absolute atomic E-state index is 6.12. The fourth-order valence-electron chi connectivity index (χ4n) is 2.15. The molecule has 0 aromatic carbocycles. The number of nitrogens with zero attached hydrogens (tertiary/aromatic N) is 1. The third-order valence-electron chi connectivity index (χ3n) is 3.14. The molecule has 1 heterocycles. The molecule has 2 fully saturated rings. The second-order valence-corrected chi connectivity index (χ2v) is 4.23. The maximum atomic E-state index is 6.12. The molecule has 2 N–H and O–H groups in total. The van der Waals surface area contributed by atoms with Crippen LogP contribution in [0.4, 0.5) is 0 Å². The van der Waals surface area contributed by atoms with Crippen molar-refractivity contribution in [1.29, 1.82) is 0 Å². The second-order valence-electron chi connectivity index (χ2n) is 4.23. The fraction of sp³-hybridized carbons (Fsp3) is 1.00. The first-order valence-corrected chi connectivity index (χ1v) is 4.71. The number of likely N-dealkylation sites (tertiary alicyclic amines) is 1. The standard InChI is InChI=1S/C9H18N2/c1-11-5-4-8(6-11)9(10)7-2-3-7/h7-9H,2-6,10H2,1H3/t8-,9?/m1/s1. The summed E-state index contributed by atoms with van der Waals surface area (Å²) in [5, 5.41) is 0. The monoisotopic (exact) mass is 154 g/mol. The van der Waals surface area contributed by atoms with Gasteiger partial charge in [0.25, 0.3) is 0 Å². The van der Waals surface area contributed by atoms with Gasteiger partial charge < -0.3 is 10.6 Å². The molecule has 1 aliphatic heterocycles. The Kier molecular flexibility index (Phi) is 1.90. The molecule has 2 atom stereocenters. The SMILES string of the molecule is CN1CC[C@@H](C(N)C2CC2)C1. The number of nitrogens with two attached hydrogens (primary N) is 1. The predicted octanol–water partition coefficient (Wildman–Crippen LogP) is 0.675. The topological polar surface area (TPSA) is 29.3 Å². The molecule has 1 aliphatic carbocycles. The summed E-state index contributed by atoms with van der Waals surface area (Å²) >= 11 is 0. The Morgan fingerprint density at radius 2 is 2.00 bits per heavy atom. The van der Waals surface area contributed by atoms with Gasteiger partial charge in [-0.1, -0.05) is 0 Å². The Morgan fingerprint density at radius 1 is 1.27 bits per heavy atom. The van der Waals surface area contributed by atoms with Crippen molar-refractivity contribution in [3.8, 4) is 0 Å². The van der Waals surface area contributed by atoms with Crippen molar-refractivity contribution >= 4 is 0 Å². The van der Waals surface area contributed by atoms with Gasteiger partial charge in [0.1, 0.15) is 0 Å². The van der Waals surface area contributed by atoms with Crippen molar-refractivity contribution < 1.29 is 0 Å². The third-order valence-corrected chi connectivity index (χ3v) is 3.14. The van der Waals surface area contributed by atoms with E-state index in [0.29, 0.717) is 6.04 Å². The van der Waals surface area contributed by atoms with Crippen molar-refractivity contribution in [2.75, 3.05) is 20.1 Å². The van der Waals surface area contributed by atoms with Gasteiger partial charge in [0.15, 0.2) is 0 Å². The summed E-state index contributed by atoms with van der Waals surface area (Å²) in [5.41, 5.74) is 6.12. The Morgan fingerprint density at radius 3 is 2.45 bits per heavy atom. The van der Waals surface area contributed by atoms with Crippen LogP contribution in [0.15, 0.2) is 0 Å². The van der Waals surface area contributed by atoms with Crippen molar-refractivity contribution in [2.24, 2.45) is 17.6 Å². The van der Waals surface area contributed by atoms with Crippen LogP contribution in [0.3, 0.4) is 0 Å². The van der Waals surface area contributed by atoms with Gasteiger partial charge in [-0.3, -0.25) is 0 Å². The minimum atomic E-state index is 0.514. The van der Waals surface area contributed by atoms with E-state index >= 15 is 0 Å². The molecule has 11 heavy (non-hydrogen) atoms.